The number of aliphatic hydroxyl groups is 1. The molecule has 2 heterocycles. The molecule has 2 fully saturated rings. The average molecular weight is 201 g/mol. The Hall–Kier alpha value is -0.160. The highest BCUT2D eigenvalue weighted by Crippen LogP contribution is 2.25. The molecule has 0 amide bonds. The van der Waals surface area contributed by atoms with Crippen molar-refractivity contribution in [1.82, 2.24) is 5.32 Å². The van der Waals surface area contributed by atoms with E-state index in [1.165, 1.54) is 0 Å². The minimum absolute atomic E-state index is 0.274. The van der Waals surface area contributed by atoms with Gasteiger partial charge in [-0.25, -0.2) is 0 Å². The fraction of sp³-hybridized carbons (Fsp3) is 1.00. The van der Waals surface area contributed by atoms with E-state index in [0.29, 0.717) is 19.8 Å². The summed E-state index contributed by atoms with van der Waals surface area (Å²) in [6.45, 7) is 6.53. The van der Waals surface area contributed by atoms with Gasteiger partial charge in [0, 0.05) is 31.5 Å². The van der Waals surface area contributed by atoms with Crippen LogP contribution < -0.4 is 5.32 Å². The molecule has 0 aromatic rings. The summed E-state index contributed by atoms with van der Waals surface area (Å²) in [5.41, 5.74) is -0.364. The van der Waals surface area contributed by atoms with Crippen LogP contribution in [0.3, 0.4) is 0 Å². The Morgan fingerprint density at radius 3 is 2.50 bits per heavy atom. The Morgan fingerprint density at radius 2 is 2.00 bits per heavy atom. The number of hydrogen-bond acceptors (Lipinski definition) is 4. The molecule has 2 aliphatic rings. The molecule has 0 aromatic carbocycles. The van der Waals surface area contributed by atoms with Gasteiger partial charge in [0.25, 0.3) is 0 Å². The van der Waals surface area contributed by atoms with E-state index in [1.807, 2.05) is 0 Å². The van der Waals surface area contributed by atoms with E-state index in [2.05, 4.69) is 12.2 Å². The highest BCUT2D eigenvalue weighted by Gasteiger charge is 2.35. The van der Waals surface area contributed by atoms with E-state index in [1.54, 1.807) is 0 Å². The van der Waals surface area contributed by atoms with Gasteiger partial charge < -0.3 is 19.9 Å². The van der Waals surface area contributed by atoms with Gasteiger partial charge in [0.2, 0.25) is 0 Å². The lowest BCUT2D eigenvalue weighted by Gasteiger charge is -2.38. The van der Waals surface area contributed by atoms with Gasteiger partial charge in [-0.2, -0.15) is 0 Å². The zero-order chi connectivity index (χ0) is 10.1. The molecular formula is C10H19NO3. The summed E-state index contributed by atoms with van der Waals surface area (Å²) in [6, 6.07) is 0. The second-order valence-electron chi connectivity index (χ2n) is 4.93. The number of rotatable bonds is 4. The quantitative estimate of drug-likeness (QED) is 0.659. The molecule has 0 bridgehead atoms. The molecule has 0 aromatic heterocycles. The van der Waals surface area contributed by atoms with Gasteiger partial charge in [-0.3, -0.25) is 0 Å². The lowest BCUT2D eigenvalue weighted by atomic mass is 9.88. The zero-order valence-corrected chi connectivity index (χ0v) is 8.71. The highest BCUT2D eigenvalue weighted by molar-refractivity contribution is 4.88. The van der Waals surface area contributed by atoms with Crippen LogP contribution in [0.2, 0.25) is 0 Å². The van der Waals surface area contributed by atoms with Gasteiger partial charge in [-0.15, -0.1) is 0 Å². The summed E-state index contributed by atoms with van der Waals surface area (Å²) >= 11 is 0. The van der Waals surface area contributed by atoms with E-state index in [0.717, 1.165) is 26.2 Å². The van der Waals surface area contributed by atoms with Crippen LogP contribution in [0.1, 0.15) is 13.3 Å². The minimum Gasteiger partial charge on any atom is -0.386 e. The normalized spacial score (nSPS) is 35.6. The summed E-state index contributed by atoms with van der Waals surface area (Å²) < 4.78 is 10.3. The van der Waals surface area contributed by atoms with E-state index >= 15 is 0 Å². The van der Waals surface area contributed by atoms with Crippen molar-refractivity contribution in [2.45, 2.75) is 18.9 Å². The fourth-order valence-corrected chi connectivity index (χ4v) is 1.89. The Labute approximate surface area is 84.6 Å². The van der Waals surface area contributed by atoms with Crippen molar-refractivity contribution >= 4 is 0 Å². The fourth-order valence-electron chi connectivity index (χ4n) is 1.89. The van der Waals surface area contributed by atoms with Crippen LogP contribution >= 0.6 is 0 Å². The van der Waals surface area contributed by atoms with E-state index in [9.17, 15) is 5.11 Å². The molecule has 4 nitrogen and oxygen atoms in total. The van der Waals surface area contributed by atoms with Gasteiger partial charge in [0.05, 0.1) is 19.8 Å². The molecule has 0 aliphatic carbocycles. The maximum atomic E-state index is 9.96. The molecule has 0 radical (unpaired) electrons. The third kappa shape index (κ3) is 2.25. The van der Waals surface area contributed by atoms with Crippen LogP contribution in [-0.4, -0.2) is 50.2 Å². The third-order valence-corrected chi connectivity index (χ3v) is 2.99. The first-order chi connectivity index (χ1) is 6.62. The smallest absolute Gasteiger partial charge is 0.102 e. The average Bonchev–Trinajstić information content (AvgIpc) is 2.50. The van der Waals surface area contributed by atoms with Crippen LogP contribution in [-0.2, 0) is 9.47 Å². The molecule has 82 valence electrons. The first-order valence-electron chi connectivity index (χ1n) is 5.21. The van der Waals surface area contributed by atoms with Gasteiger partial charge in [-0.1, -0.05) is 6.92 Å². The SMILES string of the molecule is CC1(CNCC2(O)CCOC2)COC1. The predicted octanol–water partition coefficient (Wildman–Crippen LogP) is -0.236. The van der Waals surface area contributed by atoms with Crippen molar-refractivity contribution in [1.29, 1.82) is 0 Å². The van der Waals surface area contributed by atoms with Crippen molar-refractivity contribution in [2.75, 3.05) is 39.5 Å². The van der Waals surface area contributed by atoms with Gasteiger partial charge in [-0.05, 0) is 0 Å². The monoisotopic (exact) mass is 201 g/mol. The maximum Gasteiger partial charge on any atom is 0.102 e. The van der Waals surface area contributed by atoms with Gasteiger partial charge in [0.15, 0.2) is 0 Å². The largest absolute Gasteiger partial charge is 0.386 e. The Kier molecular flexibility index (Phi) is 2.79. The van der Waals surface area contributed by atoms with E-state index in [-0.39, 0.29) is 5.41 Å². The number of ether oxygens (including phenoxy) is 2. The second kappa shape index (κ2) is 3.77. The topological polar surface area (TPSA) is 50.7 Å². The first-order valence-corrected chi connectivity index (χ1v) is 5.21. The van der Waals surface area contributed by atoms with E-state index in [4.69, 9.17) is 9.47 Å². The minimum atomic E-state index is -0.638. The van der Waals surface area contributed by atoms with Crippen molar-refractivity contribution in [3.8, 4) is 0 Å². The maximum absolute atomic E-state index is 9.96. The number of nitrogens with one attached hydrogen (secondary N) is 1. The predicted molar refractivity (Wildman–Crippen MR) is 52.2 cm³/mol. The van der Waals surface area contributed by atoms with Crippen LogP contribution in [0.5, 0.6) is 0 Å². The zero-order valence-electron chi connectivity index (χ0n) is 8.71. The second-order valence-corrected chi connectivity index (χ2v) is 4.93. The molecule has 0 spiro atoms. The molecule has 2 saturated heterocycles. The Morgan fingerprint density at radius 1 is 1.21 bits per heavy atom. The first kappa shape index (κ1) is 10.4. The molecule has 0 saturated carbocycles. The van der Waals surface area contributed by atoms with Crippen molar-refractivity contribution in [2.24, 2.45) is 5.41 Å². The summed E-state index contributed by atoms with van der Waals surface area (Å²) in [5, 5.41) is 13.3. The molecule has 1 atom stereocenters. The van der Waals surface area contributed by atoms with Crippen LogP contribution in [0.15, 0.2) is 0 Å². The van der Waals surface area contributed by atoms with E-state index < -0.39 is 5.60 Å². The van der Waals surface area contributed by atoms with Crippen LogP contribution in [0, 0.1) is 5.41 Å². The lowest BCUT2D eigenvalue weighted by molar-refractivity contribution is -0.101. The molecule has 1 unspecified atom stereocenters. The summed E-state index contributed by atoms with van der Waals surface area (Å²) in [6.07, 6.45) is 0.743. The molecule has 2 N–H and O–H groups in total. The standard InChI is InChI=1S/C10H19NO3/c1-9(6-14-7-9)4-11-5-10(12)2-3-13-8-10/h11-12H,2-8H2,1H3. The van der Waals surface area contributed by atoms with Crippen molar-refractivity contribution in [3.63, 3.8) is 0 Å². The summed E-state index contributed by atoms with van der Waals surface area (Å²) in [4.78, 5) is 0. The Bertz CT molecular complexity index is 198. The number of hydrogen-bond donors (Lipinski definition) is 2. The lowest BCUT2D eigenvalue weighted by Crippen LogP contribution is -2.50. The van der Waals surface area contributed by atoms with Crippen LogP contribution in [0.4, 0.5) is 0 Å². The molecule has 2 rings (SSSR count). The molecule has 2 aliphatic heterocycles. The van der Waals surface area contributed by atoms with Gasteiger partial charge in [0.1, 0.15) is 5.60 Å². The van der Waals surface area contributed by atoms with Gasteiger partial charge >= 0.3 is 0 Å². The van der Waals surface area contributed by atoms with Crippen molar-refractivity contribution < 1.29 is 14.6 Å². The highest BCUT2D eigenvalue weighted by atomic mass is 16.5. The molecule has 4 heteroatoms. The third-order valence-electron chi connectivity index (χ3n) is 2.99. The molecular weight excluding hydrogens is 182 g/mol. The summed E-state index contributed by atoms with van der Waals surface area (Å²) in [7, 11) is 0. The Balaban J connectivity index is 1.67. The molecule has 14 heavy (non-hydrogen) atoms. The summed E-state index contributed by atoms with van der Waals surface area (Å²) in [5.74, 6) is 0. The van der Waals surface area contributed by atoms with Crippen LogP contribution in [0.25, 0.3) is 0 Å². The van der Waals surface area contributed by atoms with Crippen molar-refractivity contribution in [3.05, 3.63) is 0 Å².